The first kappa shape index (κ1) is 26.0. The predicted molar refractivity (Wildman–Crippen MR) is 124 cm³/mol. The molecule has 0 saturated heterocycles. The van der Waals surface area contributed by atoms with Crippen LogP contribution in [0.15, 0.2) is 53.4 Å². The SMILES string of the molecule is Cc1ccc(C(=O)N[C@H](C(=O)OCC(=O)Nc2cccc(S(=O)(=O)N(C)C)c2)C(C)C)cc1. The third-order valence-electron chi connectivity index (χ3n) is 4.76. The molecule has 0 aliphatic rings. The van der Waals surface area contributed by atoms with Crippen molar-refractivity contribution in [2.45, 2.75) is 31.7 Å². The minimum Gasteiger partial charge on any atom is -0.454 e. The maximum Gasteiger partial charge on any atom is 0.329 e. The van der Waals surface area contributed by atoms with Gasteiger partial charge in [0, 0.05) is 25.3 Å². The van der Waals surface area contributed by atoms with Crippen LogP contribution in [0.25, 0.3) is 0 Å². The van der Waals surface area contributed by atoms with Crippen molar-refractivity contribution in [3.05, 3.63) is 59.7 Å². The van der Waals surface area contributed by atoms with Crippen LogP contribution in [0.3, 0.4) is 0 Å². The monoisotopic (exact) mass is 475 g/mol. The van der Waals surface area contributed by atoms with Crippen molar-refractivity contribution in [1.29, 1.82) is 0 Å². The molecule has 0 aliphatic heterocycles. The second kappa shape index (κ2) is 11.1. The average molecular weight is 476 g/mol. The Labute approximate surface area is 194 Å². The number of sulfonamides is 1. The van der Waals surface area contributed by atoms with E-state index in [1.54, 1.807) is 38.1 Å². The lowest BCUT2D eigenvalue weighted by molar-refractivity contribution is -0.150. The topological polar surface area (TPSA) is 122 Å². The summed E-state index contributed by atoms with van der Waals surface area (Å²) in [6, 6.07) is 11.7. The van der Waals surface area contributed by atoms with E-state index in [0.717, 1.165) is 9.87 Å². The summed E-state index contributed by atoms with van der Waals surface area (Å²) in [5.74, 6) is -2.09. The first-order valence-corrected chi connectivity index (χ1v) is 11.7. The maximum atomic E-state index is 12.5. The molecule has 2 N–H and O–H groups in total. The van der Waals surface area contributed by atoms with Crippen LogP contribution >= 0.6 is 0 Å². The first-order chi connectivity index (χ1) is 15.4. The summed E-state index contributed by atoms with van der Waals surface area (Å²) in [6.07, 6.45) is 0. The Morgan fingerprint density at radius 1 is 1.03 bits per heavy atom. The molecule has 2 rings (SSSR count). The van der Waals surface area contributed by atoms with Gasteiger partial charge in [0.25, 0.3) is 11.8 Å². The van der Waals surface area contributed by atoms with E-state index >= 15 is 0 Å². The molecule has 0 spiro atoms. The Balaban J connectivity index is 1.98. The van der Waals surface area contributed by atoms with Crippen molar-refractivity contribution >= 4 is 33.5 Å². The van der Waals surface area contributed by atoms with Crippen LogP contribution in [-0.2, 0) is 24.3 Å². The number of anilines is 1. The highest BCUT2D eigenvalue weighted by Crippen LogP contribution is 2.18. The number of amides is 2. The summed E-state index contributed by atoms with van der Waals surface area (Å²) in [5, 5.41) is 5.15. The number of carbonyl (C=O) groups is 3. The molecular weight excluding hydrogens is 446 g/mol. The lowest BCUT2D eigenvalue weighted by Gasteiger charge is -2.21. The number of aryl methyl sites for hydroxylation is 1. The Kier molecular flexibility index (Phi) is 8.72. The van der Waals surface area contributed by atoms with Crippen LogP contribution in [-0.4, -0.2) is 57.3 Å². The van der Waals surface area contributed by atoms with Gasteiger partial charge in [0.05, 0.1) is 4.90 Å². The number of nitrogens with zero attached hydrogens (tertiary/aromatic N) is 1. The molecule has 9 nitrogen and oxygen atoms in total. The van der Waals surface area contributed by atoms with E-state index in [0.29, 0.717) is 5.56 Å². The van der Waals surface area contributed by atoms with Gasteiger partial charge in [-0.25, -0.2) is 17.5 Å². The van der Waals surface area contributed by atoms with E-state index in [1.165, 1.54) is 38.4 Å². The van der Waals surface area contributed by atoms with Crippen molar-refractivity contribution in [3.8, 4) is 0 Å². The Morgan fingerprint density at radius 3 is 2.24 bits per heavy atom. The van der Waals surface area contributed by atoms with Crippen LogP contribution in [0.2, 0.25) is 0 Å². The number of nitrogens with one attached hydrogen (secondary N) is 2. The smallest absolute Gasteiger partial charge is 0.329 e. The zero-order chi connectivity index (χ0) is 24.8. The fourth-order valence-corrected chi connectivity index (χ4v) is 3.74. The van der Waals surface area contributed by atoms with E-state index in [-0.39, 0.29) is 16.5 Å². The standard InChI is InChI=1S/C23H29N3O6S/c1-15(2)21(25-22(28)17-11-9-16(3)10-12-17)23(29)32-14-20(27)24-18-7-6-8-19(13-18)33(30,31)26(4)5/h6-13,15,21H,14H2,1-5H3,(H,24,27)(H,25,28)/t21-/m0/s1. The zero-order valence-corrected chi connectivity index (χ0v) is 20.1. The van der Waals surface area contributed by atoms with Crippen LogP contribution < -0.4 is 10.6 Å². The van der Waals surface area contributed by atoms with E-state index in [4.69, 9.17) is 4.74 Å². The molecular formula is C23H29N3O6S. The molecule has 33 heavy (non-hydrogen) atoms. The van der Waals surface area contributed by atoms with Gasteiger partial charge in [-0.05, 0) is 43.2 Å². The number of hydrogen-bond donors (Lipinski definition) is 2. The Hall–Kier alpha value is -3.24. The highest BCUT2D eigenvalue weighted by molar-refractivity contribution is 7.89. The van der Waals surface area contributed by atoms with Gasteiger partial charge in [-0.1, -0.05) is 37.6 Å². The second-order valence-corrected chi connectivity index (χ2v) is 10.2. The summed E-state index contributed by atoms with van der Waals surface area (Å²) >= 11 is 0. The molecule has 2 amide bonds. The molecule has 2 aromatic rings. The minimum atomic E-state index is -3.66. The molecule has 0 fully saturated rings. The van der Waals surface area contributed by atoms with Gasteiger partial charge in [-0.3, -0.25) is 9.59 Å². The Morgan fingerprint density at radius 2 is 1.67 bits per heavy atom. The molecule has 178 valence electrons. The van der Waals surface area contributed by atoms with Gasteiger partial charge in [-0.2, -0.15) is 0 Å². The van der Waals surface area contributed by atoms with Crippen molar-refractivity contribution in [3.63, 3.8) is 0 Å². The van der Waals surface area contributed by atoms with Crippen LogP contribution in [0.1, 0.15) is 29.8 Å². The van der Waals surface area contributed by atoms with Gasteiger partial charge in [0.2, 0.25) is 10.0 Å². The number of rotatable bonds is 9. The maximum absolute atomic E-state index is 12.5. The summed E-state index contributed by atoms with van der Waals surface area (Å²) < 4.78 is 30.6. The molecule has 0 aromatic heterocycles. The largest absolute Gasteiger partial charge is 0.454 e. The summed E-state index contributed by atoms with van der Waals surface area (Å²) in [6.45, 7) is 4.81. The minimum absolute atomic E-state index is 0.0148. The fraction of sp³-hybridized carbons (Fsp3) is 0.348. The van der Waals surface area contributed by atoms with Crippen molar-refractivity contribution < 1.29 is 27.5 Å². The molecule has 10 heteroatoms. The van der Waals surface area contributed by atoms with E-state index in [9.17, 15) is 22.8 Å². The highest BCUT2D eigenvalue weighted by Gasteiger charge is 2.27. The third-order valence-corrected chi connectivity index (χ3v) is 6.57. The number of benzene rings is 2. The molecule has 1 atom stereocenters. The zero-order valence-electron chi connectivity index (χ0n) is 19.3. The molecule has 0 saturated carbocycles. The van der Waals surface area contributed by atoms with E-state index in [1.807, 2.05) is 6.92 Å². The lowest BCUT2D eigenvalue weighted by atomic mass is 10.0. The van der Waals surface area contributed by atoms with Gasteiger partial charge in [0.1, 0.15) is 6.04 Å². The molecule has 0 heterocycles. The number of ether oxygens (including phenoxy) is 1. The predicted octanol–water partition coefficient (Wildman–Crippen LogP) is 2.18. The fourth-order valence-electron chi connectivity index (χ4n) is 2.80. The summed E-state index contributed by atoms with van der Waals surface area (Å²) in [4.78, 5) is 37.2. The van der Waals surface area contributed by atoms with Crippen molar-refractivity contribution in [1.82, 2.24) is 9.62 Å². The number of carbonyl (C=O) groups excluding carboxylic acids is 3. The van der Waals surface area contributed by atoms with Gasteiger partial charge in [0.15, 0.2) is 6.61 Å². The molecule has 0 bridgehead atoms. The van der Waals surface area contributed by atoms with E-state index in [2.05, 4.69) is 10.6 Å². The molecule has 0 radical (unpaired) electrons. The normalized spacial score (nSPS) is 12.3. The lowest BCUT2D eigenvalue weighted by Crippen LogP contribution is -2.45. The van der Waals surface area contributed by atoms with Crippen molar-refractivity contribution in [2.24, 2.45) is 5.92 Å². The number of hydrogen-bond acceptors (Lipinski definition) is 6. The third kappa shape index (κ3) is 7.13. The Bertz CT molecular complexity index is 1110. The van der Waals surface area contributed by atoms with Crippen molar-refractivity contribution in [2.75, 3.05) is 26.0 Å². The van der Waals surface area contributed by atoms with Crippen LogP contribution in [0.4, 0.5) is 5.69 Å². The van der Waals surface area contributed by atoms with Gasteiger partial charge < -0.3 is 15.4 Å². The van der Waals surface area contributed by atoms with Gasteiger partial charge >= 0.3 is 5.97 Å². The summed E-state index contributed by atoms with van der Waals surface area (Å²) in [7, 11) is -0.851. The highest BCUT2D eigenvalue weighted by atomic mass is 32.2. The van der Waals surface area contributed by atoms with Crippen LogP contribution in [0, 0.1) is 12.8 Å². The van der Waals surface area contributed by atoms with E-state index < -0.39 is 40.5 Å². The van der Waals surface area contributed by atoms with Gasteiger partial charge in [-0.15, -0.1) is 0 Å². The number of esters is 1. The average Bonchev–Trinajstić information content (AvgIpc) is 2.76. The molecule has 0 aliphatic carbocycles. The first-order valence-electron chi connectivity index (χ1n) is 10.3. The summed E-state index contributed by atoms with van der Waals surface area (Å²) in [5.41, 5.74) is 1.65. The molecule has 0 unspecified atom stereocenters. The second-order valence-electron chi connectivity index (χ2n) is 8.03. The van der Waals surface area contributed by atoms with Crippen LogP contribution in [0.5, 0.6) is 0 Å². The molecule has 2 aromatic carbocycles. The quantitative estimate of drug-likeness (QED) is 0.536.